The monoisotopic (exact) mass is 417 g/mol. The third-order valence-electron chi connectivity index (χ3n) is 4.33. The third kappa shape index (κ3) is 3.78. The van der Waals surface area contributed by atoms with E-state index < -0.39 is 31.7 Å². The lowest BCUT2D eigenvalue weighted by Gasteiger charge is -2.24. The van der Waals surface area contributed by atoms with Gasteiger partial charge in [-0.05, 0) is 43.2 Å². The zero-order valence-electron chi connectivity index (χ0n) is 13.7. The Morgan fingerprint density at radius 1 is 1.04 bits per heavy atom. The van der Waals surface area contributed by atoms with Crippen LogP contribution in [0, 0.1) is 5.82 Å². The van der Waals surface area contributed by atoms with Gasteiger partial charge in [0.25, 0.3) is 0 Å². The van der Waals surface area contributed by atoms with Crippen LogP contribution in [-0.2, 0) is 19.9 Å². The van der Waals surface area contributed by atoms with E-state index in [9.17, 15) is 21.2 Å². The Bertz CT molecular complexity index is 1010. The second-order valence-corrected chi connectivity index (χ2v) is 10.4. The van der Waals surface area contributed by atoms with E-state index in [1.165, 1.54) is 16.4 Å². The van der Waals surface area contributed by atoms with Gasteiger partial charge in [-0.1, -0.05) is 29.8 Å². The van der Waals surface area contributed by atoms with Gasteiger partial charge in [0, 0.05) is 12.6 Å². The minimum atomic E-state index is -3.96. The summed E-state index contributed by atoms with van der Waals surface area (Å²) >= 11 is 5.70. The van der Waals surface area contributed by atoms with E-state index in [-0.39, 0.29) is 27.1 Å². The van der Waals surface area contributed by atoms with Gasteiger partial charge < -0.3 is 0 Å². The summed E-state index contributed by atoms with van der Waals surface area (Å²) in [6.45, 7) is 0.215. The van der Waals surface area contributed by atoms with Crippen molar-refractivity contribution in [1.82, 2.24) is 4.31 Å². The molecule has 0 radical (unpaired) electrons. The van der Waals surface area contributed by atoms with Crippen molar-refractivity contribution in [3.8, 4) is 0 Å². The van der Waals surface area contributed by atoms with Gasteiger partial charge in [-0.3, -0.25) is 0 Å². The fourth-order valence-corrected chi connectivity index (χ4v) is 6.72. The molecule has 1 heterocycles. The summed E-state index contributed by atoms with van der Waals surface area (Å²) < 4.78 is 65.5. The molecule has 0 aliphatic carbocycles. The molecule has 1 aliphatic rings. The topological polar surface area (TPSA) is 71.5 Å². The molecule has 1 fully saturated rings. The summed E-state index contributed by atoms with van der Waals surface area (Å²) in [6, 6.07) is 10.4. The van der Waals surface area contributed by atoms with Gasteiger partial charge in [-0.2, -0.15) is 4.31 Å². The van der Waals surface area contributed by atoms with Gasteiger partial charge >= 0.3 is 0 Å². The fourth-order valence-electron chi connectivity index (χ4n) is 3.04. The summed E-state index contributed by atoms with van der Waals surface area (Å²) in [5.41, 5.74) is 0. The highest BCUT2D eigenvalue weighted by Gasteiger charge is 2.38. The van der Waals surface area contributed by atoms with Gasteiger partial charge in [0.1, 0.15) is 5.82 Å². The van der Waals surface area contributed by atoms with E-state index in [2.05, 4.69) is 0 Å². The smallest absolute Gasteiger partial charge is 0.224 e. The number of sulfonamides is 1. The van der Waals surface area contributed by atoms with Crippen LogP contribution in [0.15, 0.2) is 58.3 Å². The molecule has 1 unspecified atom stereocenters. The molecule has 0 bridgehead atoms. The molecule has 5 nitrogen and oxygen atoms in total. The van der Waals surface area contributed by atoms with Gasteiger partial charge in [-0.15, -0.1) is 0 Å². The molecule has 0 amide bonds. The molecule has 0 spiro atoms. The first-order valence-electron chi connectivity index (χ1n) is 7.96. The van der Waals surface area contributed by atoms with E-state index in [1.807, 2.05) is 0 Å². The van der Waals surface area contributed by atoms with Crippen LogP contribution in [0.2, 0.25) is 5.02 Å². The molecular formula is C17H17ClFNO4S2. The normalized spacial score (nSPS) is 18.9. The summed E-state index contributed by atoms with van der Waals surface area (Å²) in [4.78, 5) is 0.0157. The van der Waals surface area contributed by atoms with Crippen molar-refractivity contribution in [2.45, 2.75) is 28.7 Å². The van der Waals surface area contributed by atoms with Crippen LogP contribution < -0.4 is 0 Å². The van der Waals surface area contributed by atoms with Crippen LogP contribution in [0.3, 0.4) is 0 Å². The highest BCUT2D eigenvalue weighted by atomic mass is 35.5. The molecule has 0 saturated carbocycles. The van der Waals surface area contributed by atoms with Crippen molar-refractivity contribution in [2.75, 3.05) is 12.3 Å². The average molecular weight is 418 g/mol. The molecule has 2 aromatic carbocycles. The Morgan fingerprint density at radius 3 is 2.38 bits per heavy atom. The number of sulfone groups is 1. The number of benzene rings is 2. The Hall–Kier alpha value is -1.48. The lowest BCUT2D eigenvalue weighted by molar-refractivity contribution is 0.407. The standard InChI is InChI=1S/C17H17ClFNO4S2/c18-16-11-15(8-9-17(16)19)26(23,24)20-10-4-5-13(20)12-25(21,22)14-6-2-1-3-7-14/h1-3,6-9,11,13H,4-5,10,12H2. The molecule has 0 N–H and O–H groups in total. The summed E-state index contributed by atoms with van der Waals surface area (Å²) in [5.74, 6) is -1.01. The van der Waals surface area contributed by atoms with Gasteiger partial charge in [-0.25, -0.2) is 21.2 Å². The Morgan fingerprint density at radius 2 is 1.73 bits per heavy atom. The van der Waals surface area contributed by atoms with Gasteiger partial charge in [0.15, 0.2) is 9.84 Å². The number of nitrogens with zero attached hydrogens (tertiary/aromatic N) is 1. The minimum Gasteiger partial charge on any atom is -0.224 e. The Labute approximate surface area is 157 Å². The number of halogens is 2. The molecule has 0 aromatic heterocycles. The van der Waals surface area contributed by atoms with Crippen molar-refractivity contribution in [3.63, 3.8) is 0 Å². The van der Waals surface area contributed by atoms with Crippen molar-refractivity contribution in [3.05, 3.63) is 59.4 Å². The molecule has 1 saturated heterocycles. The fraction of sp³-hybridized carbons (Fsp3) is 0.294. The molecule has 9 heteroatoms. The van der Waals surface area contributed by atoms with Crippen molar-refractivity contribution < 1.29 is 21.2 Å². The number of hydrogen-bond acceptors (Lipinski definition) is 4. The number of rotatable bonds is 5. The zero-order valence-corrected chi connectivity index (χ0v) is 16.1. The van der Waals surface area contributed by atoms with Crippen LogP contribution >= 0.6 is 11.6 Å². The molecule has 140 valence electrons. The first kappa shape index (κ1) is 19.3. The van der Waals surface area contributed by atoms with Crippen molar-refractivity contribution >= 4 is 31.5 Å². The van der Waals surface area contributed by atoms with Crippen LogP contribution in [-0.4, -0.2) is 39.5 Å². The highest BCUT2D eigenvalue weighted by Crippen LogP contribution is 2.30. The van der Waals surface area contributed by atoms with E-state index in [0.29, 0.717) is 12.8 Å². The summed E-state index contributed by atoms with van der Waals surface area (Å²) in [7, 11) is -7.59. The van der Waals surface area contributed by atoms with E-state index >= 15 is 0 Å². The second kappa shape index (κ2) is 7.26. The largest absolute Gasteiger partial charge is 0.243 e. The first-order valence-corrected chi connectivity index (χ1v) is 11.4. The maximum Gasteiger partial charge on any atom is 0.243 e. The highest BCUT2D eigenvalue weighted by molar-refractivity contribution is 7.91. The molecule has 3 rings (SSSR count). The predicted molar refractivity (Wildman–Crippen MR) is 96.8 cm³/mol. The zero-order chi connectivity index (χ0) is 18.9. The second-order valence-electron chi connectivity index (χ2n) is 6.08. The minimum absolute atomic E-state index is 0.145. The quantitative estimate of drug-likeness (QED) is 0.749. The first-order chi connectivity index (χ1) is 12.2. The van der Waals surface area contributed by atoms with Crippen LogP contribution in [0.25, 0.3) is 0 Å². The van der Waals surface area contributed by atoms with Crippen LogP contribution in [0.4, 0.5) is 4.39 Å². The summed E-state index contributed by atoms with van der Waals surface area (Å²) in [6.07, 6.45) is 1.00. The van der Waals surface area contributed by atoms with Crippen molar-refractivity contribution in [1.29, 1.82) is 0 Å². The Balaban J connectivity index is 1.89. The summed E-state index contributed by atoms with van der Waals surface area (Å²) in [5, 5.41) is -0.293. The average Bonchev–Trinajstić information content (AvgIpc) is 3.06. The van der Waals surface area contributed by atoms with E-state index in [1.54, 1.807) is 18.2 Å². The van der Waals surface area contributed by atoms with Crippen LogP contribution in [0.1, 0.15) is 12.8 Å². The van der Waals surface area contributed by atoms with Crippen LogP contribution in [0.5, 0.6) is 0 Å². The van der Waals surface area contributed by atoms with Gasteiger partial charge in [0.05, 0.1) is 20.6 Å². The molecular weight excluding hydrogens is 401 g/mol. The van der Waals surface area contributed by atoms with E-state index in [0.717, 1.165) is 18.2 Å². The van der Waals surface area contributed by atoms with Gasteiger partial charge in [0.2, 0.25) is 10.0 Å². The third-order valence-corrected chi connectivity index (χ3v) is 8.39. The molecule has 1 atom stereocenters. The lowest BCUT2D eigenvalue weighted by Crippen LogP contribution is -2.39. The maximum atomic E-state index is 13.3. The Kier molecular flexibility index (Phi) is 5.39. The lowest BCUT2D eigenvalue weighted by atomic mass is 10.3. The predicted octanol–water partition coefficient (Wildman–Crippen LogP) is 3.11. The SMILES string of the molecule is O=S(=O)(CC1CCCN1S(=O)(=O)c1ccc(F)c(Cl)c1)c1ccccc1. The number of hydrogen-bond donors (Lipinski definition) is 0. The van der Waals surface area contributed by atoms with Crippen molar-refractivity contribution in [2.24, 2.45) is 0 Å². The molecule has 1 aliphatic heterocycles. The molecule has 26 heavy (non-hydrogen) atoms. The van der Waals surface area contributed by atoms with E-state index in [4.69, 9.17) is 11.6 Å². The molecule has 2 aromatic rings. The maximum absolute atomic E-state index is 13.3.